The Morgan fingerprint density at radius 2 is 2.26 bits per heavy atom. The summed E-state index contributed by atoms with van der Waals surface area (Å²) in [5.41, 5.74) is 4.60. The van der Waals surface area contributed by atoms with Crippen molar-refractivity contribution >= 4 is 17.3 Å². The minimum atomic E-state index is -0.0919. The average molecular weight is 253 g/mol. The Balaban J connectivity index is 1.83. The zero-order chi connectivity index (χ0) is 13.2. The number of fused-ring (bicyclic) bond motifs is 1. The number of carbonyl (C=O) groups is 1. The maximum atomic E-state index is 12.2. The SMILES string of the molecule is Cc1ncccc1NC(=O)c1ccc2c(c1)CCN2. The summed E-state index contributed by atoms with van der Waals surface area (Å²) in [6.07, 6.45) is 2.69. The third-order valence-corrected chi connectivity index (χ3v) is 3.33. The zero-order valence-electron chi connectivity index (χ0n) is 10.7. The van der Waals surface area contributed by atoms with Gasteiger partial charge in [-0.2, -0.15) is 0 Å². The molecule has 0 aliphatic carbocycles. The molecule has 0 saturated carbocycles. The first-order chi connectivity index (χ1) is 9.24. The molecule has 2 heterocycles. The van der Waals surface area contributed by atoms with E-state index in [1.54, 1.807) is 6.20 Å². The fraction of sp³-hybridized carbons (Fsp3) is 0.200. The highest BCUT2D eigenvalue weighted by Gasteiger charge is 2.14. The van der Waals surface area contributed by atoms with Gasteiger partial charge in [0, 0.05) is 24.0 Å². The normalized spacial score (nSPS) is 12.7. The number of aromatic nitrogens is 1. The van der Waals surface area contributed by atoms with Gasteiger partial charge in [-0.05, 0) is 49.2 Å². The molecule has 4 nitrogen and oxygen atoms in total. The van der Waals surface area contributed by atoms with Crippen LogP contribution >= 0.6 is 0 Å². The molecule has 96 valence electrons. The third-order valence-electron chi connectivity index (χ3n) is 3.33. The van der Waals surface area contributed by atoms with E-state index in [1.807, 2.05) is 37.3 Å². The Morgan fingerprint density at radius 3 is 3.11 bits per heavy atom. The van der Waals surface area contributed by atoms with E-state index < -0.39 is 0 Å². The Hall–Kier alpha value is -2.36. The number of pyridine rings is 1. The number of aryl methyl sites for hydroxylation is 1. The molecule has 3 rings (SSSR count). The smallest absolute Gasteiger partial charge is 0.255 e. The number of hydrogen-bond acceptors (Lipinski definition) is 3. The van der Waals surface area contributed by atoms with E-state index in [0.29, 0.717) is 5.56 Å². The number of nitrogens with one attached hydrogen (secondary N) is 2. The summed E-state index contributed by atoms with van der Waals surface area (Å²) in [7, 11) is 0. The number of anilines is 2. The van der Waals surface area contributed by atoms with Crippen molar-refractivity contribution in [3.63, 3.8) is 0 Å². The summed E-state index contributed by atoms with van der Waals surface area (Å²) in [6, 6.07) is 9.44. The molecular formula is C15H15N3O. The minimum Gasteiger partial charge on any atom is -0.384 e. The van der Waals surface area contributed by atoms with Crippen LogP contribution in [0.4, 0.5) is 11.4 Å². The van der Waals surface area contributed by atoms with Crippen molar-refractivity contribution in [3.05, 3.63) is 53.3 Å². The number of carbonyl (C=O) groups excluding carboxylic acids is 1. The van der Waals surface area contributed by atoms with Crippen molar-refractivity contribution in [2.75, 3.05) is 17.2 Å². The Kier molecular flexibility index (Phi) is 2.91. The van der Waals surface area contributed by atoms with Gasteiger partial charge in [-0.15, -0.1) is 0 Å². The molecule has 1 amide bonds. The van der Waals surface area contributed by atoms with Gasteiger partial charge in [-0.3, -0.25) is 9.78 Å². The van der Waals surface area contributed by atoms with Crippen molar-refractivity contribution in [3.8, 4) is 0 Å². The van der Waals surface area contributed by atoms with Gasteiger partial charge in [-0.25, -0.2) is 0 Å². The molecule has 1 aromatic heterocycles. The van der Waals surface area contributed by atoms with Crippen LogP contribution in [0.15, 0.2) is 36.5 Å². The highest BCUT2D eigenvalue weighted by Crippen LogP contribution is 2.23. The minimum absolute atomic E-state index is 0.0919. The summed E-state index contributed by atoms with van der Waals surface area (Å²) in [5.74, 6) is -0.0919. The van der Waals surface area contributed by atoms with Crippen LogP contribution in [-0.4, -0.2) is 17.4 Å². The maximum absolute atomic E-state index is 12.2. The average Bonchev–Trinajstić information content (AvgIpc) is 2.88. The second-order valence-electron chi connectivity index (χ2n) is 4.64. The Morgan fingerprint density at radius 1 is 1.37 bits per heavy atom. The summed E-state index contributed by atoms with van der Waals surface area (Å²) < 4.78 is 0. The lowest BCUT2D eigenvalue weighted by atomic mass is 10.1. The van der Waals surface area contributed by atoms with Crippen molar-refractivity contribution < 1.29 is 4.79 Å². The number of benzene rings is 1. The first-order valence-electron chi connectivity index (χ1n) is 6.34. The van der Waals surface area contributed by atoms with Crippen LogP contribution in [0.1, 0.15) is 21.6 Å². The van der Waals surface area contributed by atoms with Gasteiger partial charge < -0.3 is 10.6 Å². The number of amides is 1. The van der Waals surface area contributed by atoms with E-state index in [9.17, 15) is 4.79 Å². The van der Waals surface area contributed by atoms with E-state index in [2.05, 4.69) is 15.6 Å². The zero-order valence-corrected chi connectivity index (χ0v) is 10.7. The van der Waals surface area contributed by atoms with Crippen molar-refractivity contribution in [2.24, 2.45) is 0 Å². The van der Waals surface area contributed by atoms with Crippen LogP contribution in [0, 0.1) is 6.92 Å². The first-order valence-corrected chi connectivity index (χ1v) is 6.34. The molecule has 1 aliphatic heterocycles. The summed E-state index contributed by atoms with van der Waals surface area (Å²) in [4.78, 5) is 16.4. The quantitative estimate of drug-likeness (QED) is 0.865. The number of rotatable bonds is 2. The molecule has 2 aromatic rings. The van der Waals surface area contributed by atoms with Gasteiger partial charge in [0.2, 0.25) is 0 Å². The lowest BCUT2D eigenvalue weighted by Gasteiger charge is -2.08. The highest BCUT2D eigenvalue weighted by atomic mass is 16.1. The predicted molar refractivity (Wildman–Crippen MR) is 75.6 cm³/mol. The molecule has 1 aromatic carbocycles. The molecule has 0 bridgehead atoms. The molecule has 0 spiro atoms. The van der Waals surface area contributed by atoms with Gasteiger partial charge in [0.15, 0.2) is 0 Å². The van der Waals surface area contributed by atoms with Crippen molar-refractivity contribution in [1.29, 1.82) is 0 Å². The second-order valence-corrected chi connectivity index (χ2v) is 4.64. The predicted octanol–water partition coefficient (Wildman–Crippen LogP) is 2.61. The topological polar surface area (TPSA) is 54.0 Å². The standard InChI is InChI=1S/C15H15N3O/c1-10-13(3-2-7-16-10)18-15(19)12-4-5-14-11(9-12)6-8-17-14/h2-5,7,9,17H,6,8H2,1H3,(H,18,19). The van der Waals surface area contributed by atoms with E-state index in [1.165, 1.54) is 5.56 Å². The van der Waals surface area contributed by atoms with Crippen LogP contribution < -0.4 is 10.6 Å². The molecule has 0 fully saturated rings. The fourth-order valence-electron chi connectivity index (χ4n) is 2.26. The largest absolute Gasteiger partial charge is 0.384 e. The van der Waals surface area contributed by atoms with Gasteiger partial charge in [0.25, 0.3) is 5.91 Å². The highest BCUT2D eigenvalue weighted by molar-refractivity contribution is 6.05. The van der Waals surface area contributed by atoms with Crippen LogP contribution in [0.3, 0.4) is 0 Å². The lowest BCUT2D eigenvalue weighted by molar-refractivity contribution is 0.102. The lowest BCUT2D eigenvalue weighted by Crippen LogP contribution is -2.13. The maximum Gasteiger partial charge on any atom is 0.255 e. The van der Waals surface area contributed by atoms with Gasteiger partial charge in [0.1, 0.15) is 0 Å². The van der Waals surface area contributed by atoms with E-state index >= 15 is 0 Å². The third kappa shape index (κ3) is 2.29. The van der Waals surface area contributed by atoms with Crippen LogP contribution in [0.2, 0.25) is 0 Å². The first kappa shape index (κ1) is 11.7. The van der Waals surface area contributed by atoms with Gasteiger partial charge >= 0.3 is 0 Å². The number of hydrogen-bond donors (Lipinski definition) is 2. The molecule has 0 saturated heterocycles. The summed E-state index contributed by atoms with van der Waals surface area (Å²) >= 11 is 0. The van der Waals surface area contributed by atoms with E-state index in [-0.39, 0.29) is 5.91 Å². The second kappa shape index (κ2) is 4.72. The molecule has 0 radical (unpaired) electrons. The van der Waals surface area contributed by atoms with Crippen LogP contribution in [0.5, 0.6) is 0 Å². The number of nitrogens with zero attached hydrogens (tertiary/aromatic N) is 1. The van der Waals surface area contributed by atoms with E-state index in [4.69, 9.17) is 0 Å². The fourth-order valence-corrected chi connectivity index (χ4v) is 2.26. The summed E-state index contributed by atoms with van der Waals surface area (Å²) in [5, 5.41) is 6.18. The summed E-state index contributed by atoms with van der Waals surface area (Å²) in [6.45, 7) is 2.82. The van der Waals surface area contributed by atoms with Gasteiger partial charge in [-0.1, -0.05) is 0 Å². The Labute approximate surface area is 111 Å². The molecule has 0 unspecified atom stereocenters. The molecule has 4 heteroatoms. The van der Waals surface area contributed by atoms with Crippen LogP contribution in [0.25, 0.3) is 0 Å². The molecule has 0 atom stereocenters. The monoisotopic (exact) mass is 253 g/mol. The van der Waals surface area contributed by atoms with Crippen molar-refractivity contribution in [1.82, 2.24) is 4.98 Å². The molecule has 19 heavy (non-hydrogen) atoms. The van der Waals surface area contributed by atoms with E-state index in [0.717, 1.165) is 30.0 Å². The molecular weight excluding hydrogens is 238 g/mol. The molecule has 2 N–H and O–H groups in total. The van der Waals surface area contributed by atoms with Crippen LogP contribution in [-0.2, 0) is 6.42 Å². The Bertz CT molecular complexity index is 637. The van der Waals surface area contributed by atoms with Crippen molar-refractivity contribution in [2.45, 2.75) is 13.3 Å². The van der Waals surface area contributed by atoms with Gasteiger partial charge in [0.05, 0.1) is 11.4 Å². The molecule has 1 aliphatic rings.